The van der Waals surface area contributed by atoms with Crippen molar-refractivity contribution in [2.75, 3.05) is 0 Å². The molecule has 0 amide bonds. The number of pyridine rings is 2. The minimum Gasteiger partial charge on any atom is -0.506 e. The summed E-state index contributed by atoms with van der Waals surface area (Å²) in [6.45, 7) is 7.04. The van der Waals surface area contributed by atoms with E-state index in [1.807, 2.05) is 26.8 Å². The van der Waals surface area contributed by atoms with Gasteiger partial charge < -0.3 is 19.7 Å². The van der Waals surface area contributed by atoms with Gasteiger partial charge in [-0.2, -0.15) is 0 Å². The van der Waals surface area contributed by atoms with Crippen LogP contribution in [0.1, 0.15) is 49.9 Å². The first-order valence-corrected chi connectivity index (χ1v) is 17.5. The van der Waals surface area contributed by atoms with E-state index in [4.69, 9.17) is 4.42 Å². The number of aryl methyl sites for hydroxylation is 3. The summed E-state index contributed by atoms with van der Waals surface area (Å²) in [7, 11) is 0. The summed E-state index contributed by atoms with van der Waals surface area (Å²) in [6, 6.07) is 17.4. The van der Waals surface area contributed by atoms with Gasteiger partial charge in [0.05, 0.1) is 29.9 Å². The highest BCUT2D eigenvalue weighted by Crippen LogP contribution is 2.34. The third-order valence-corrected chi connectivity index (χ3v) is 9.00. The van der Waals surface area contributed by atoms with E-state index in [1.165, 1.54) is 13.0 Å². The van der Waals surface area contributed by atoms with Gasteiger partial charge in [0.15, 0.2) is 22.9 Å². The molecule has 0 radical (unpaired) electrons. The zero-order valence-electron chi connectivity index (χ0n) is 27.7. The molecule has 0 unspecified atom stereocenters. The number of benzene rings is 3. The number of carbonyl (C=O) groups is 2. The molecule has 0 aliphatic heterocycles. The highest BCUT2D eigenvalue weighted by atomic mass is 79.9. The van der Waals surface area contributed by atoms with Gasteiger partial charge in [-0.3, -0.25) is 24.4 Å². The van der Waals surface area contributed by atoms with Crippen LogP contribution in [0.5, 0.6) is 17.2 Å². The number of hydrogen-bond acceptors (Lipinski definition) is 9. The number of aromatic nitrogens is 2. The van der Waals surface area contributed by atoms with Crippen molar-refractivity contribution in [3.8, 4) is 28.6 Å². The fourth-order valence-corrected chi connectivity index (χ4v) is 6.55. The number of carbonyl (C=O) groups excluding carboxylic acids is 2. The molecule has 0 fully saturated rings. The van der Waals surface area contributed by atoms with E-state index in [9.17, 15) is 29.7 Å². The smallest absolute Gasteiger partial charge is 0.235 e. The third-order valence-electron chi connectivity index (χ3n) is 7.20. The molecule has 6 rings (SSSR count). The normalized spacial score (nSPS) is 10.6. The molecule has 0 saturated carbocycles. The molecular weight excluding hydrogens is 848 g/mol. The number of phenolic OH excluding ortho intramolecular Hbond substituents is 2. The van der Waals surface area contributed by atoms with Gasteiger partial charge in [0.2, 0.25) is 11.2 Å². The van der Waals surface area contributed by atoms with Gasteiger partial charge >= 0.3 is 0 Å². The summed E-state index contributed by atoms with van der Waals surface area (Å²) in [5.41, 5.74) is 4.88. The van der Waals surface area contributed by atoms with Crippen LogP contribution in [0.3, 0.4) is 0 Å². The van der Waals surface area contributed by atoms with Crippen LogP contribution in [-0.4, -0.2) is 36.9 Å². The Kier molecular flexibility index (Phi) is 13.2. The van der Waals surface area contributed by atoms with Gasteiger partial charge in [0.1, 0.15) is 11.5 Å². The second kappa shape index (κ2) is 17.3. The van der Waals surface area contributed by atoms with E-state index >= 15 is 0 Å². The second-order valence-corrected chi connectivity index (χ2v) is 13.9. The van der Waals surface area contributed by atoms with Crippen LogP contribution < -0.4 is 5.43 Å². The number of aromatic hydroxyl groups is 3. The minimum atomic E-state index is -0.442. The lowest BCUT2D eigenvalue weighted by molar-refractivity contribution is 0.101. The number of ketones is 2. The van der Waals surface area contributed by atoms with Crippen LogP contribution in [-0.2, 0) is 0 Å². The number of rotatable bonds is 5. The van der Waals surface area contributed by atoms with E-state index in [1.54, 1.807) is 85.5 Å². The maximum atomic E-state index is 12.3. The zero-order chi connectivity index (χ0) is 37.4. The van der Waals surface area contributed by atoms with Gasteiger partial charge in [0.25, 0.3) is 0 Å². The molecule has 3 N–H and O–H groups in total. The van der Waals surface area contributed by atoms with E-state index in [0.29, 0.717) is 35.5 Å². The Morgan fingerprint density at radius 2 is 1.18 bits per heavy atom. The average molecular weight is 879 g/mol. The SMILES string of the molecule is CC(=O)c1cc(C)cc(Br)c1O.Cc1cc(Br)c(O)c(C(=O)/C=C/c2ccncc2)c1.Cc1cc(Br)c2oc(-c3ccncc3)c(O)c(=O)c2c1. The number of phenols is 2. The van der Waals surface area contributed by atoms with Gasteiger partial charge in [0, 0.05) is 30.4 Å². The largest absolute Gasteiger partial charge is 0.506 e. The highest BCUT2D eigenvalue weighted by molar-refractivity contribution is 9.11. The van der Waals surface area contributed by atoms with Crippen LogP contribution in [0.4, 0.5) is 0 Å². The first-order chi connectivity index (χ1) is 24.2. The van der Waals surface area contributed by atoms with E-state index in [0.717, 1.165) is 22.3 Å². The fraction of sp³-hybridized carbons (Fsp3) is 0.103. The van der Waals surface area contributed by atoms with Crippen LogP contribution in [0, 0.1) is 20.8 Å². The molecule has 3 heterocycles. The molecule has 0 bridgehead atoms. The van der Waals surface area contributed by atoms with Crippen molar-refractivity contribution in [1.29, 1.82) is 0 Å². The Morgan fingerprint density at radius 1 is 0.686 bits per heavy atom. The molecule has 3 aromatic carbocycles. The van der Waals surface area contributed by atoms with Crippen molar-refractivity contribution in [2.24, 2.45) is 0 Å². The van der Waals surface area contributed by atoms with Gasteiger partial charge in [-0.1, -0.05) is 6.08 Å². The summed E-state index contributed by atoms with van der Waals surface area (Å²) in [6.07, 6.45) is 9.60. The minimum absolute atomic E-state index is 0.0214. The van der Waals surface area contributed by atoms with E-state index in [2.05, 4.69) is 57.8 Å². The molecule has 9 nitrogen and oxygen atoms in total. The Balaban J connectivity index is 0.000000177. The van der Waals surface area contributed by atoms with Gasteiger partial charge in [-0.05, 0) is 164 Å². The lowest BCUT2D eigenvalue weighted by Crippen LogP contribution is -2.03. The Hall–Kier alpha value is -4.91. The zero-order valence-corrected chi connectivity index (χ0v) is 32.5. The van der Waals surface area contributed by atoms with E-state index in [-0.39, 0.29) is 40.1 Å². The number of nitrogens with zero attached hydrogens (tertiary/aromatic N) is 2. The Morgan fingerprint density at radius 3 is 1.75 bits per heavy atom. The summed E-state index contributed by atoms with van der Waals surface area (Å²) in [4.78, 5) is 43.1. The molecule has 6 aromatic rings. The highest BCUT2D eigenvalue weighted by Gasteiger charge is 2.17. The van der Waals surface area contributed by atoms with Crippen LogP contribution in [0.25, 0.3) is 28.4 Å². The molecular formula is C39H31Br3N2O7. The number of allylic oxidation sites excluding steroid dienone is 1. The van der Waals surface area contributed by atoms with Gasteiger partial charge in [-0.25, -0.2) is 0 Å². The topological polar surface area (TPSA) is 151 Å². The number of fused-ring (bicyclic) bond motifs is 1. The summed E-state index contributed by atoms with van der Waals surface area (Å²) in [5.74, 6) is -0.616. The average Bonchev–Trinajstić information content (AvgIpc) is 3.10. The quantitative estimate of drug-likeness (QED) is 0.114. The van der Waals surface area contributed by atoms with E-state index < -0.39 is 5.43 Å². The maximum Gasteiger partial charge on any atom is 0.235 e. The number of halogens is 3. The molecule has 3 aromatic heterocycles. The lowest BCUT2D eigenvalue weighted by Gasteiger charge is -2.07. The third kappa shape index (κ3) is 9.87. The molecule has 0 aliphatic rings. The fourth-order valence-electron chi connectivity index (χ4n) is 4.74. The van der Waals surface area contributed by atoms with Crippen LogP contribution in [0.15, 0.2) is 114 Å². The monoisotopic (exact) mass is 876 g/mol. The molecule has 12 heteroatoms. The van der Waals surface area contributed by atoms with Crippen molar-refractivity contribution in [1.82, 2.24) is 9.97 Å². The molecule has 51 heavy (non-hydrogen) atoms. The van der Waals surface area contributed by atoms with Crippen molar-refractivity contribution in [3.05, 3.63) is 149 Å². The van der Waals surface area contributed by atoms with Gasteiger partial charge in [-0.15, -0.1) is 0 Å². The molecule has 260 valence electrons. The summed E-state index contributed by atoms with van der Waals surface area (Å²) in [5, 5.41) is 29.7. The molecule has 0 atom stereocenters. The van der Waals surface area contributed by atoms with Crippen LogP contribution >= 0.6 is 47.8 Å². The van der Waals surface area contributed by atoms with Crippen LogP contribution in [0.2, 0.25) is 0 Å². The summed E-state index contributed by atoms with van der Waals surface area (Å²) < 4.78 is 7.49. The molecule has 0 spiro atoms. The number of hydrogen-bond donors (Lipinski definition) is 3. The summed E-state index contributed by atoms with van der Waals surface area (Å²) >= 11 is 9.78. The maximum absolute atomic E-state index is 12.3. The standard InChI is InChI=1S/C15H10BrNO3.C15H12BrNO2.C9H9BrO2/c1-8-6-10-12(18)13(19)14(9-2-4-17-5-3-9)20-15(10)11(16)7-8;1-10-8-12(15(19)13(16)9-10)14(18)3-2-11-4-6-17-7-5-11;1-5-3-7(6(2)11)9(12)8(10)4-5/h2-7,19H,1H3;2-9,19H,1H3;3-4,12H,1-2H3/b;3-2+;. The second-order valence-electron chi connectivity index (χ2n) is 11.3. The predicted molar refractivity (Wildman–Crippen MR) is 209 cm³/mol. The van der Waals surface area contributed by atoms with Crippen molar-refractivity contribution in [3.63, 3.8) is 0 Å². The predicted octanol–water partition coefficient (Wildman–Crippen LogP) is 10.1. The Labute approximate surface area is 318 Å². The first kappa shape index (κ1) is 38.9. The van der Waals surface area contributed by atoms with Crippen molar-refractivity contribution in [2.45, 2.75) is 27.7 Å². The van der Waals surface area contributed by atoms with Crippen molar-refractivity contribution >= 4 is 76.4 Å². The van der Waals surface area contributed by atoms with Crippen molar-refractivity contribution < 1.29 is 29.3 Å². The number of Topliss-reactive ketones (excluding diaryl/α,β-unsaturated/α-hetero) is 1. The molecule has 0 aliphatic carbocycles. The molecule has 0 saturated heterocycles. The lowest BCUT2D eigenvalue weighted by atomic mass is 10.1. The first-order valence-electron chi connectivity index (χ1n) is 15.2. The Bertz CT molecular complexity index is 2330.